The predicted molar refractivity (Wildman–Crippen MR) is 160 cm³/mol. The summed E-state index contributed by atoms with van der Waals surface area (Å²) in [5.74, 6) is -1.29. The van der Waals surface area contributed by atoms with Gasteiger partial charge in [0.2, 0.25) is 6.41 Å². The number of thioether (sulfide) groups is 1. The first kappa shape index (κ1) is 32.4. The summed E-state index contributed by atoms with van der Waals surface area (Å²) in [6.07, 6.45) is 0.616. The highest BCUT2D eigenvalue weighted by Gasteiger charge is 2.39. The largest absolute Gasteiger partial charge is 0.463 e. The van der Waals surface area contributed by atoms with Crippen molar-refractivity contribution in [2.45, 2.75) is 26.3 Å². The van der Waals surface area contributed by atoms with Gasteiger partial charge in [-0.15, -0.1) is 0 Å². The van der Waals surface area contributed by atoms with Crippen LogP contribution in [0.15, 0.2) is 77.1 Å². The first-order chi connectivity index (χ1) is 20.3. The van der Waals surface area contributed by atoms with Gasteiger partial charge in [-0.3, -0.25) is 19.8 Å². The number of non-ortho nitro benzene ring substituents is 1. The quantitative estimate of drug-likeness (QED) is 0.0972. The van der Waals surface area contributed by atoms with Gasteiger partial charge in [-0.2, -0.15) is 11.8 Å². The van der Waals surface area contributed by atoms with Gasteiger partial charge in [-0.1, -0.05) is 42.5 Å². The highest BCUT2D eigenvalue weighted by molar-refractivity contribution is 7.99. The Kier molecular flexibility index (Phi) is 12.6. The minimum atomic E-state index is -0.955. The lowest BCUT2D eigenvalue weighted by Crippen LogP contribution is -2.35. The van der Waals surface area contributed by atoms with Crippen LogP contribution in [0.4, 0.5) is 5.69 Å². The molecule has 0 fully saturated rings. The van der Waals surface area contributed by atoms with Crippen LogP contribution in [0.1, 0.15) is 30.9 Å². The van der Waals surface area contributed by atoms with Crippen molar-refractivity contribution in [3.05, 3.63) is 98.4 Å². The number of carbonyl (C=O) groups is 3. The van der Waals surface area contributed by atoms with Crippen LogP contribution in [-0.4, -0.2) is 73.0 Å². The molecule has 1 amide bonds. The zero-order valence-electron chi connectivity index (χ0n) is 24.0. The summed E-state index contributed by atoms with van der Waals surface area (Å²) < 4.78 is 11.1. The molecule has 0 aliphatic carbocycles. The molecule has 42 heavy (non-hydrogen) atoms. The number of likely N-dealkylation sites (N-methyl/N-ethyl adjacent to an activating group) is 1. The molecule has 1 unspecified atom stereocenters. The Balaban J connectivity index is 1.92. The third-order valence-electron chi connectivity index (χ3n) is 6.50. The molecule has 224 valence electrons. The number of nitrogens with zero attached hydrogens (tertiary/aromatic N) is 2. The fourth-order valence-corrected chi connectivity index (χ4v) is 5.43. The van der Waals surface area contributed by atoms with Crippen LogP contribution in [0, 0.1) is 10.1 Å². The molecular weight excluding hydrogens is 560 g/mol. The number of allylic oxidation sites excluding steroid dienone is 1. The zero-order chi connectivity index (χ0) is 30.5. The number of ether oxygens (including phenoxy) is 2. The Morgan fingerprint density at radius 1 is 1.12 bits per heavy atom. The lowest BCUT2D eigenvalue weighted by Gasteiger charge is -2.31. The maximum Gasteiger partial charge on any atom is 0.336 e. The molecule has 11 nitrogen and oxygen atoms in total. The second-order valence-electron chi connectivity index (χ2n) is 9.55. The van der Waals surface area contributed by atoms with Crippen LogP contribution < -0.4 is 10.6 Å². The van der Waals surface area contributed by atoms with Crippen LogP contribution >= 0.6 is 11.8 Å². The molecule has 2 N–H and O–H groups in total. The van der Waals surface area contributed by atoms with Crippen LogP contribution in [0.2, 0.25) is 0 Å². The molecule has 2 aromatic rings. The van der Waals surface area contributed by atoms with Crippen molar-refractivity contribution in [2.24, 2.45) is 0 Å². The molecule has 12 heteroatoms. The third-order valence-corrected chi connectivity index (χ3v) is 7.48. The minimum absolute atomic E-state index is 0.101. The molecule has 2 aromatic carbocycles. The zero-order valence-corrected chi connectivity index (χ0v) is 24.8. The van der Waals surface area contributed by atoms with Crippen LogP contribution in [0.5, 0.6) is 0 Å². The first-order valence-electron chi connectivity index (χ1n) is 13.5. The number of esters is 2. The van der Waals surface area contributed by atoms with E-state index in [0.29, 0.717) is 54.5 Å². The molecule has 0 aromatic heterocycles. The van der Waals surface area contributed by atoms with Gasteiger partial charge in [-0.05, 0) is 32.0 Å². The number of hydrogen-bond donors (Lipinski definition) is 2. The van der Waals surface area contributed by atoms with Gasteiger partial charge in [0.15, 0.2) is 0 Å². The van der Waals surface area contributed by atoms with Crippen LogP contribution in [0.25, 0.3) is 0 Å². The van der Waals surface area contributed by atoms with Crippen molar-refractivity contribution in [3.8, 4) is 0 Å². The molecule has 3 rings (SSSR count). The number of rotatable bonds is 16. The van der Waals surface area contributed by atoms with E-state index < -0.39 is 22.8 Å². The summed E-state index contributed by atoms with van der Waals surface area (Å²) in [4.78, 5) is 50.7. The van der Waals surface area contributed by atoms with E-state index in [-0.39, 0.29) is 30.0 Å². The van der Waals surface area contributed by atoms with E-state index in [2.05, 4.69) is 10.6 Å². The monoisotopic (exact) mass is 596 g/mol. The van der Waals surface area contributed by atoms with E-state index in [9.17, 15) is 24.5 Å². The molecular formula is C30H36N4O7S. The summed E-state index contributed by atoms with van der Waals surface area (Å²) >= 11 is 1.47. The Hall–Kier alpha value is -4.16. The molecule has 1 heterocycles. The first-order valence-corrected chi connectivity index (χ1v) is 14.7. The van der Waals surface area contributed by atoms with E-state index >= 15 is 0 Å². The smallest absolute Gasteiger partial charge is 0.336 e. The highest BCUT2D eigenvalue weighted by atomic mass is 32.2. The summed E-state index contributed by atoms with van der Waals surface area (Å²) in [6.45, 7) is 5.18. The summed E-state index contributed by atoms with van der Waals surface area (Å²) in [5.41, 5.74) is 2.72. The lowest BCUT2D eigenvalue weighted by molar-refractivity contribution is -0.384. The standard InChI is InChI=1S/C30H36N4O7S/c1-4-40-30(37)28-25(19-42-16-13-31-20-35)32-21(2)26(27(28)23-11-8-12-24(17-23)34(38)39)29(36)41-15-14-33(3)18-22-9-6-5-7-10-22/h5-12,17,20,27,32H,4,13-16,18-19H2,1-3H3,(H,31,35). The average molecular weight is 597 g/mol. The normalized spacial score (nSPS) is 14.8. The maximum atomic E-state index is 13.6. The SMILES string of the molecule is CCOC(=O)C1=C(CSCCNC=O)NC(C)=C(C(=O)OCCN(C)Cc2ccccc2)C1c1cccc([N+](=O)[O-])c1. The number of nitro groups is 1. The van der Waals surface area contributed by atoms with Gasteiger partial charge < -0.3 is 20.1 Å². The van der Waals surface area contributed by atoms with Gasteiger partial charge in [0.1, 0.15) is 6.61 Å². The van der Waals surface area contributed by atoms with E-state index in [1.165, 1.54) is 30.0 Å². The molecule has 0 radical (unpaired) electrons. The maximum absolute atomic E-state index is 13.6. The minimum Gasteiger partial charge on any atom is -0.463 e. The summed E-state index contributed by atoms with van der Waals surface area (Å²) in [5, 5.41) is 17.4. The van der Waals surface area contributed by atoms with Gasteiger partial charge in [0, 0.05) is 54.7 Å². The molecule has 1 aliphatic rings. The molecule has 0 saturated carbocycles. The van der Waals surface area contributed by atoms with Crippen molar-refractivity contribution in [3.63, 3.8) is 0 Å². The second-order valence-corrected chi connectivity index (χ2v) is 10.7. The van der Waals surface area contributed by atoms with Gasteiger partial charge in [0.05, 0.1) is 28.6 Å². The highest BCUT2D eigenvalue weighted by Crippen LogP contribution is 2.41. The van der Waals surface area contributed by atoms with Gasteiger partial charge in [0.25, 0.3) is 5.69 Å². The van der Waals surface area contributed by atoms with Crippen LogP contribution in [0.3, 0.4) is 0 Å². The fourth-order valence-electron chi connectivity index (χ4n) is 4.59. The van der Waals surface area contributed by atoms with Crippen molar-refractivity contribution < 1.29 is 28.8 Å². The average Bonchev–Trinajstić information content (AvgIpc) is 2.97. The fraction of sp³-hybridized carbons (Fsp3) is 0.367. The number of hydrogen-bond acceptors (Lipinski definition) is 10. The number of nitrogens with one attached hydrogen (secondary N) is 2. The van der Waals surface area contributed by atoms with E-state index in [0.717, 1.165) is 5.56 Å². The van der Waals surface area contributed by atoms with E-state index in [1.54, 1.807) is 19.9 Å². The van der Waals surface area contributed by atoms with Crippen LogP contribution in [-0.2, 0) is 30.4 Å². The Morgan fingerprint density at radius 2 is 1.86 bits per heavy atom. The van der Waals surface area contributed by atoms with Crippen molar-refractivity contribution in [2.75, 3.05) is 44.9 Å². The molecule has 0 bridgehead atoms. The second kappa shape index (κ2) is 16.3. The summed E-state index contributed by atoms with van der Waals surface area (Å²) in [6, 6.07) is 15.8. The third kappa shape index (κ3) is 8.92. The Morgan fingerprint density at radius 3 is 2.55 bits per heavy atom. The molecule has 1 atom stereocenters. The Bertz CT molecular complexity index is 1330. The Labute approximate surface area is 249 Å². The van der Waals surface area contributed by atoms with Crippen molar-refractivity contribution >= 4 is 35.8 Å². The topological polar surface area (TPSA) is 140 Å². The van der Waals surface area contributed by atoms with Gasteiger partial charge >= 0.3 is 11.9 Å². The van der Waals surface area contributed by atoms with Gasteiger partial charge in [-0.25, -0.2) is 9.59 Å². The number of nitro benzene ring substituents is 1. The van der Waals surface area contributed by atoms with E-state index in [1.807, 2.05) is 42.3 Å². The number of amides is 1. The van der Waals surface area contributed by atoms with Crippen molar-refractivity contribution in [1.82, 2.24) is 15.5 Å². The summed E-state index contributed by atoms with van der Waals surface area (Å²) in [7, 11) is 1.93. The lowest BCUT2D eigenvalue weighted by atomic mass is 9.80. The number of dihydropyridines is 1. The number of carbonyl (C=O) groups excluding carboxylic acids is 3. The molecule has 1 aliphatic heterocycles. The molecule has 0 spiro atoms. The van der Waals surface area contributed by atoms with E-state index in [4.69, 9.17) is 9.47 Å². The van der Waals surface area contributed by atoms with Crippen molar-refractivity contribution in [1.29, 1.82) is 0 Å². The predicted octanol–water partition coefficient (Wildman–Crippen LogP) is 3.53. The number of benzene rings is 2. The molecule has 0 saturated heterocycles.